The normalized spacial score (nSPS) is 12.0. The molecule has 0 aliphatic rings. The van der Waals surface area contributed by atoms with Gasteiger partial charge in [-0.3, -0.25) is 4.79 Å². The van der Waals surface area contributed by atoms with Gasteiger partial charge < -0.3 is 5.32 Å². The molecule has 68 valence electrons. The molecule has 3 nitrogen and oxygen atoms in total. The van der Waals surface area contributed by atoms with E-state index in [1.165, 1.54) is 0 Å². The number of carbonyl (C=O) groups is 1. The average Bonchev–Trinajstić information content (AvgIpc) is 2.00. The maximum absolute atomic E-state index is 11.1. The molecule has 0 radical (unpaired) electrons. The van der Waals surface area contributed by atoms with Crippen LogP contribution in [0.3, 0.4) is 0 Å². The van der Waals surface area contributed by atoms with Crippen molar-refractivity contribution >= 4 is 23.3 Å². The number of amides is 1. The van der Waals surface area contributed by atoms with E-state index in [1.807, 2.05) is 13.8 Å². The van der Waals surface area contributed by atoms with Crippen LogP contribution in [0, 0.1) is 5.92 Å². The Hall–Kier alpha value is -0.730. The third kappa shape index (κ3) is 4.99. The van der Waals surface area contributed by atoms with Gasteiger partial charge in [-0.2, -0.15) is 0 Å². The molecule has 0 saturated heterocycles. The van der Waals surface area contributed by atoms with Gasteiger partial charge in [0.15, 0.2) is 0 Å². The van der Waals surface area contributed by atoms with Crippen molar-refractivity contribution in [1.82, 2.24) is 5.32 Å². The van der Waals surface area contributed by atoms with Gasteiger partial charge in [0.05, 0.1) is 5.16 Å². The molecule has 0 spiro atoms. The molecule has 1 unspecified atom stereocenters. The number of nitrogens with one attached hydrogen (secondary N) is 1. The molecule has 0 saturated carbocycles. The number of aliphatic imine (C=N–C) groups is 1. The van der Waals surface area contributed by atoms with E-state index in [0.717, 1.165) is 0 Å². The first-order valence-corrected chi connectivity index (χ1v) is 4.33. The molecule has 0 heterocycles. The first kappa shape index (κ1) is 11.3. The van der Waals surface area contributed by atoms with Crippen molar-refractivity contribution in [2.24, 2.45) is 10.9 Å². The van der Waals surface area contributed by atoms with Crippen molar-refractivity contribution in [2.75, 3.05) is 6.54 Å². The summed E-state index contributed by atoms with van der Waals surface area (Å²) in [6, 6.07) is -0.416. The summed E-state index contributed by atoms with van der Waals surface area (Å²) in [5.41, 5.74) is 0. The van der Waals surface area contributed by atoms with E-state index in [2.05, 4.69) is 27.7 Å². The standard InChI is InChI=1S/C8H14N2OS/c1-6(2)4-9-8(11)7(3)10-5-12/h6-7H,4H2,1-3H3,(H,9,11). The van der Waals surface area contributed by atoms with Crippen LogP contribution in [0.25, 0.3) is 0 Å². The second-order valence-corrected chi connectivity index (χ2v) is 3.22. The van der Waals surface area contributed by atoms with Gasteiger partial charge in [0.1, 0.15) is 6.04 Å². The van der Waals surface area contributed by atoms with Crippen LogP contribution < -0.4 is 5.32 Å². The molecule has 4 heteroatoms. The van der Waals surface area contributed by atoms with E-state index in [0.29, 0.717) is 12.5 Å². The Labute approximate surface area is 78.3 Å². The molecule has 1 atom stereocenters. The molecule has 0 aromatic carbocycles. The summed E-state index contributed by atoms with van der Waals surface area (Å²) < 4.78 is 0. The second kappa shape index (κ2) is 5.86. The van der Waals surface area contributed by atoms with Gasteiger partial charge in [-0.15, -0.1) is 0 Å². The van der Waals surface area contributed by atoms with Gasteiger partial charge in [-0.05, 0) is 25.1 Å². The topological polar surface area (TPSA) is 41.5 Å². The maximum Gasteiger partial charge on any atom is 0.245 e. The van der Waals surface area contributed by atoms with Crippen LogP contribution in [0.1, 0.15) is 20.8 Å². The highest BCUT2D eigenvalue weighted by atomic mass is 32.1. The molecule has 0 aromatic rings. The van der Waals surface area contributed by atoms with Gasteiger partial charge in [0, 0.05) is 6.54 Å². The highest BCUT2D eigenvalue weighted by molar-refractivity contribution is 7.78. The summed E-state index contributed by atoms with van der Waals surface area (Å²) in [4.78, 5) is 14.8. The zero-order chi connectivity index (χ0) is 9.56. The van der Waals surface area contributed by atoms with Crippen LogP contribution in [-0.2, 0) is 4.79 Å². The summed E-state index contributed by atoms with van der Waals surface area (Å²) in [7, 11) is 0. The van der Waals surface area contributed by atoms with Crippen LogP contribution in [0.4, 0.5) is 0 Å². The van der Waals surface area contributed by atoms with E-state index in [1.54, 1.807) is 6.92 Å². The summed E-state index contributed by atoms with van der Waals surface area (Å²) in [6.07, 6.45) is 0. The number of carbonyl (C=O) groups excluding carboxylic acids is 1. The van der Waals surface area contributed by atoms with Gasteiger partial charge in [-0.1, -0.05) is 13.8 Å². The van der Waals surface area contributed by atoms with Gasteiger partial charge in [0.2, 0.25) is 5.91 Å². The fraction of sp³-hybridized carbons (Fsp3) is 0.750. The lowest BCUT2D eigenvalue weighted by atomic mass is 10.2. The molecule has 1 amide bonds. The van der Waals surface area contributed by atoms with Crippen molar-refractivity contribution < 1.29 is 4.79 Å². The van der Waals surface area contributed by atoms with E-state index < -0.39 is 6.04 Å². The largest absolute Gasteiger partial charge is 0.354 e. The Morgan fingerprint density at radius 1 is 1.58 bits per heavy atom. The smallest absolute Gasteiger partial charge is 0.245 e. The third-order valence-corrected chi connectivity index (χ3v) is 1.42. The Morgan fingerprint density at radius 3 is 2.58 bits per heavy atom. The van der Waals surface area contributed by atoms with Crippen LogP contribution in [0.2, 0.25) is 0 Å². The molecule has 0 fully saturated rings. The quantitative estimate of drug-likeness (QED) is 0.530. The summed E-state index contributed by atoms with van der Waals surface area (Å²) in [5.74, 6) is 0.360. The molecule has 0 aliphatic carbocycles. The molecular formula is C8H14N2OS. The van der Waals surface area contributed by atoms with E-state index in [-0.39, 0.29) is 5.91 Å². The van der Waals surface area contributed by atoms with E-state index in [9.17, 15) is 4.79 Å². The van der Waals surface area contributed by atoms with Gasteiger partial charge in [0.25, 0.3) is 0 Å². The van der Waals surface area contributed by atoms with Crippen molar-refractivity contribution in [2.45, 2.75) is 26.8 Å². The minimum absolute atomic E-state index is 0.0962. The van der Waals surface area contributed by atoms with Crippen molar-refractivity contribution in [1.29, 1.82) is 0 Å². The van der Waals surface area contributed by atoms with Crippen molar-refractivity contribution in [3.05, 3.63) is 0 Å². The van der Waals surface area contributed by atoms with Gasteiger partial charge in [-0.25, -0.2) is 4.99 Å². The van der Waals surface area contributed by atoms with Crippen LogP contribution in [-0.4, -0.2) is 23.7 Å². The summed E-state index contributed by atoms with van der Waals surface area (Å²) >= 11 is 4.39. The zero-order valence-corrected chi connectivity index (χ0v) is 8.44. The molecule has 1 N–H and O–H groups in total. The first-order valence-electron chi connectivity index (χ1n) is 3.92. The lowest BCUT2D eigenvalue weighted by Gasteiger charge is -2.08. The molecule has 0 aliphatic heterocycles. The number of nitrogens with zero attached hydrogens (tertiary/aromatic N) is 1. The Morgan fingerprint density at radius 2 is 2.17 bits per heavy atom. The molecule has 12 heavy (non-hydrogen) atoms. The van der Waals surface area contributed by atoms with Crippen LogP contribution in [0.15, 0.2) is 4.99 Å². The van der Waals surface area contributed by atoms with Crippen LogP contribution >= 0.6 is 12.2 Å². The fourth-order valence-corrected chi connectivity index (χ4v) is 0.748. The number of rotatable bonds is 4. The number of isothiocyanates is 1. The summed E-state index contributed by atoms with van der Waals surface area (Å²) in [6.45, 7) is 6.44. The Balaban J connectivity index is 3.79. The highest BCUT2D eigenvalue weighted by Crippen LogP contribution is 1.91. The first-order chi connectivity index (χ1) is 5.57. The number of hydrogen-bond acceptors (Lipinski definition) is 3. The zero-order valence-electron chi connectivity index (χ0n) is 7.63. The number of hydrogen-bond donors (Lipinski definition) is 1. The predicted molar refractivity (Wildman–Crippen MR) is 52.3 cm³/mol. The average molecular weight is 186 g/mol. The molecule has 0 bridgehead atoms. The van der Waals surface area contributed by atoms with Crippen molar-refractivity contribution in [3.8, 4) is 0 Å². The van der Waals surface area contributed by atoms with E-state index >= 15 is 0 Å². The minimum Gasteiger partial charge on any atom is -0.354 e. The lowest BCUT2D eigenvalue weighted by molar-refractivity contribution is -0.122. The number of thiocarbonyl (C=S) groups is 1. The lowest BCUT2D eigenvalue weighted by Crippen LogP contribution is -2.34. The molecule has 0 rings (SSSR count). The van der Waals surface area contributed by atoms with Gasteiger partial charge >= 0.3 is 0 Å². The van der Waals surface area contributed by atoms with Crippen molar-refractivity contribution in [3.63, 3.8) is 0 Å². The third-order valence-electron chi connectivity index (χ3n) is 1.31. The second-order valence-electron chi connectivity index (χ2n) is 3.04. The predicted octanol–water partition coefficient (Wildman–Crippen LogP) is 1.25. The minimum atomic E-state index is -0.416. The molecule has 0 aromatic heterocycles. The SMILES string of the molecule is CC(C)CNC(=O)C(C)N=C=S. The summed E-state index contributed by atoms with van der Waals surface area (Å²) in [5, 5.41) is 4.93. The Bertz CT molecular complexity index is 197. The van der Waals surface area contributed by atoms with E-state index in [4.69, 9.17) is 0 Å². The molecular weight excluding hydrogens is 172 g/mol. The Kier molecular flexibility index (Phi) is 5.51. The highest BCUT2D eigenvalue weighted by Gasteiger charge is 2.09. The maximum atomic E-state index is 11.1. The monoisotopic (exact) mass is 186 g/mol. The fourth-order valence-electron chi connectivity index (χ4n) is 0.590. The van der Waals surface area contributed by atoms with Crippen LogP contribution in [0.5, 0.6) is 0 Å².